The topological polar surface area (TPSA) is 86.8 Å². The number of benzene rings is 3. The smallest absolute Gasteiger partial charge is 0.264 e. The number of sulfonamides is 1. The van der Waals surface area contributed by atoms with Gasteiger partial charge in [-0.05, 0) is 70.9 Å². The molecule has 0 aliphatic rings. The van der Waals surface area contributed by atoms with Gasteiger partial charge in [0.25, 0.3) is 10.0 Å². The van der Waals surface area contributed by atoms with Crippen molar-refractivity contribution in [3.05, 3.63) is 95.6 Å². The maximum absolute atomic E-state index is 14.0. The fraction of sp³-hybridized carbons (Fsp3) is 0.355. The minimum atomic E-state index is -4.08. The zero-order valence-electron chi connectivity index (χ0n) is 23.6. The highest BCUT2D eigenvalue weighted by Crippen LogP contribution is 2.25. The van der Waals surface area contributed by atoms with Gasteiger partial charge in [-0.3, -0.25) is 13.9 Å². The molecule has 0 aromatic heterocycles. The molecular formula is C31H39N3O4S. The SMILES string of the molecule is CC[C@@H](C(=O)NC(C)(C)C)N(Cc1ccccc1)C(=O)CN(c1ccc(C)cc1)S(=O)(=O)c1ccc(C)cc1. The number of amides is 2. The molecule has 0 radical (unpaired) electrons. The molecule has 7 nitrogen and oxygen atoms in total. The van der Waals surface area contributed by atoms with Gasteiger partial charge in [-0.1, -0.05) is 72.6 Å². The summed E-state index contributed by atoms with van der Waals surface area (Å²) in [7, 11) is -4.08. The molecular weight excluding hydrogens is 510 g/mol. The number of hydrogen-bond acceptors (Lipinski definition) is 4. The molecule has 39 heavy (non-hydrogen) atoms. The first-order chi connectivity index (χ1) is 18.3. The number of carbonyl (C=O) groups excluding carboxylic acids is 2. The van der Waals surface area contributed by atoms with Gasteiger partial charge in [-0.2, -0.15) is 0 Å². The van der Waals surface area contributed by atoms with Crippen LogP contribution >= 0.6 is 0 Å². The lowest BCUT2D eigenvalue weighted by Gasteiger charge is -2.34. The van der Waals surface area contributed by atoms with Crippen LogP contribution in [0.1, 0.15) is 50.8 Å². The molecule has 0 unspecified atom stereocenters. The van der Waals surface area contributed by atoms with E-state index in [2.05, 4.69) is 5.32 Å². The molecule has 3 aromatic rings. The van der Waals surface area contributed by atoms with Crippen LogP contribution in [0, 0.1) is 13.8 Å². The number of carbonyl (C=O) groups is 2. The molecule has 0 spiro atoms. The molecule has 0 bridgehead atoms. The van der Waals surface area contributed by atoms with Crippen molar-refractivity contribution in [2.45, 2.75) is 71.0 Å². The summed E-state index contributed by atoms with van der Waals surface area (Å²) in [6.07, 6.45) is 0.371. The van der Waals surface area contributed by atoms with E-state index >= 15 is 0 Å². The van der Waals surface area contributed by atoms with Crippen molar-refractivity contribution in [1.29, 1.82) is 0 Å². The Balaban J connectivity index is 2.05. The van der Waals surface area contributed by atoms with E-state index in [-0.39, 0.29) is 17.3 Å². The van der Waals surface area contributed by atoms with Gasteiger partial charge in [0.1, 0.15) is 12.6 Å². The van der Waals surface area contributed by atoms with Crippen LogP contribution in [0.2, 0.25) is 0 Å². The molecule has 3 aromatic carbocycles. The van der Waals surface area contributed by atoms with E-state index < -0.39 is 34.1 Å². The molecule has 0 aliphatic heterocycles. The predicted octanol–water partition coefficient (Wildman–Crippen LogP) is 5.22. The normalized spacial score (nSPS) is 12.5. The van der Waals surface area contributed by atoms with Crippen molar-refractivity contribution in [2.24, 2.45) is 0 Å². The second-order valence-corrected chi connectivity index (χ2v) is 12.7. The van der Waals surface area contributed by atoms with Crippen molar-refractivity contribution in [3.8, 4) is 0 Å². The first kappa shape index (κ1) is 29.9. The number of anilines is 1. The Labute approximate surface area is 232 Å². The molecule has 0 saturated heterocycles. The lowest BCUT2D eigenvalue weighted by atomic mass is 10.1. The van der Waals surface area contributed by atoms with Gasteiger partial charge in [-0.15, -0.1) is 0 Å². The monoisotopic (exact) mass is 549 g/mol. The molecule has 8 heteroatoms. The molecule has 0 fully saturated rings. The highest BCUT2D eigenvalue weighted by molar-refractivity contribution is 7.92. The second kappa shape index (κ2) is 12.5. The van der Waals surface area contributed by atoms with Gasteiger partial charge in [0.15, 0.2) is 0 Å². The average molecular weight is 550 g/mol. The fourth-order valence-corrected chi connectivity index (χ4v) is 5.64. The lowest BCUT2D eigenvalue weighted by molar-refractivity contribution is -0.141. The Hall–Kier alpha value is -3.65. The Bertz CT molecular complexity index is 1360. The first-order valence-electron chi connectivity index (χ1n) is 13.1. The number of hydrogen-bond donors (Lipinski definition) is 1. The van der Waals surface area contributed by atoms with Crippen LogP contribution < -0.4 is 9.62 Å². The Kier molecular flexibility index (Phi) is 9.56. The summed E-state index contributed by atoms with van der Waals surface area (Å²) in [6.45, 7) is 11.0. The summed E-state index contributed by atoms with van der Waals surface area (Å²) in [5.41, 5.74) is 2.62. The van der Waals surface area contributed by atoms with Gasteiger partial charge in [0.2, 0.25) is 11.8 Å². The van der Waals surface area contributed by atoms with Crippen LogP contribution in [0.25, 0.3) is 0 Å². The van der Waals surface area contributed by atoms with Crippen molar-refractivity contribution >= 4 is 27.5 Å². The molecule has 1 N–H and O–H groups in total. The summed E-state index contributed by atoms with van der Waals surface area (Å²) in [5, 5.41) is 2.98. The van der Waals surface area contributed by atoms with Gasteiger partial charge in [-0.25, -0.2) is 8.42 Å². The third kappa shape index (κ3) is 7.93. The minimum absolute atomic E-state index is 0.0913. The number of aryl methyl sites for hydroxylation is 2. The zero-order valence-corrected chi connectivity index (χ0v) is 24.5. The maximum Gasteiger partial charge on any atom is 0.264 e. The van der Waals surface area contributed by atoms with Crippen LogP contribution in [0.5, 0.6) is 0 Å². The van der Waals surface area contributed by atoms with Crippen LogP contribution in [-0.2, 0) is 26.2 Å². The van der Waals surface area contributed by atoms with Crippen LogP contribution in [0.3, 0.4) is 0 Å². The summed E-state index contributed by atoms with van der Waals surface area (Å²) < 4.78 is 28.9. The van der Waals surface area contributed by atoms with Gasteiger partial charge < -0.3 is 10.2 Å². The summed E-state index contributed by atoms with van der Waals surface area (Å²) >= 11 is 0. The third-order valence-electron chi connectivity index (χ3n) is 6.29. The summed E-state index contributed by atoms with van der Waals surface area (Å²) in [6, 6.07) is 22.2. The van der Waals surface area contributed by atoms with Gasteiger partial charge >= 0.3 is 0 Å². The van der Waals surface area contributed by atoms with Crippen LogP contribution in [-0.4, -0.2) is 43.3 Å². The quantitative estimate of drug-likeness (QED) is 0.376. The standard InChI is InChI=1S/C31H39N3O4S/c1-7-28(30(36)32-31(4,5)6)33(21-25-11-9-8-10-12-25)29(35)22-34(26-17-13-23(2)14-18-26)39(37,38)27-19-15-24(3)16-20-27/h8-20,28H,7,21-22H2,1-6H3,(H,32,36)/t28-/m0/s1. The second-order valence-electron chi connectivity index (χ2n) is 10.8. The van der Waals surface area contributed by atoms with Gasteiger partial charge in [0.05, 0.1) is 10.6 Å². The number of nitrogens with zero attached hydrogens (tertiary/aromatic N) is 2. The zero-order chi connectivity index (χ0) is 28.8. The van der Waals surface area contributed by atoms with Crippen molar-refractivity contribution in [3.63, 3.8) is 0 Å². The molecule has 0 saturated carbocycles. The molecule has 0 aliphatic carbocycles. The van der Waals surface area contributed by atoms with E-state index in [1.165, 1.54) is 4.90 Å². The highest BCUT2D eigenvalue weighted by Gasteiger charge is 2.34. The molecule has 0 heterocycles. The molecule has 208 valence electrons. The number of rotatable bonds is 10. The largest absolute Gasteiger partial charge is 0.350 e. The highest BCUT2D eigenvalue weighted by atomic mass is 32.2. The molecule has 2 amide bonds. The van der Waals surface area contributed by atoms with Crippen LogP contribution in [0.4, 0.5) is 5.69 Å². The van der Waals surface area contributed by atoms with Crippen molar-refractivity contribution in [1.82, 2.24) is 10.2 Å². The third-order valence-corrected chi connectivity index (χ3v) is 8.08. The fourth-order valence-electron chi connectivity index (χ4n) is 4.23. The Morgan fingerprint density at radius 1 is 0.846 bits per heavy atom. The van der Waals surface area contributed by atoms with Crippen LogP contribution in [0.15, 0.2) is 83.8 Å². The Morgan fingerprint density at radius 2 is 1.38 bits per heavy atom. The summed E-state index contributed by atoms with van der Waals surface area (Å²) in [5.74, 6) is -0.747. The van der Waals surface area contributed by atoms with Gasteiger partial charge in [0, 0.05) is 12.1 Å². The average Bonchev–Trinajstić information content (AvgIpc) is 2.87. The molecule has 1 atom stereocenters. The van der Waals surface area contributed by atoms with Crippen molar-refractivity contribution < 1.29 is 18.0 Å². The Morgan fingerprint density at radius 3 is 1.90 bits per heavy atom. The van der Waals surface area contributed by atoms with E-state index in [4.69, 9.17) is 0 Å². The van der Waals surface area contributed by atoms with E-state index in [9.17, 15) is 18.0 Å². The van der Waals surface area contributed by atoms with E-state index in [0.29, 0.717) is 12.1 Å². The summed E-state index contributed by atoms with van der Waals surface area (Å²) in [4.78, 5) is 29.0. The van der Waals surface area contributed by atoms with E-state index in [1.807, 2.05) is 84.0 Å². The number of nitrogens with one attached hydrogen (secondary N) is 1. The van der Waals surface area contributed by atoms with Crippen molar-refractivity contribution in [2.75, 3.05) is 10.8 Å². The maximum atomic E-state index is 14.0. The first-order valence-corrected chi connectivity index (χ1v) is 14.6. The van der Waals surface area contributed by atoms with E-state index in [0.717, 1.165) is 21.0 Å². The minimum Gasteiger partial charge on any atom is -0.350 e. The predicted molar refractivity (Wildman–Crippen MR) is 156 cm³/mol. The van der Waals surface area contributed by atoms with E-state index in [1.54, 1.807) is 36.4 Å². The lowest BCUT2D eigenvalue weighted by Crippen LogP contribution is -2.55. The molecule has 3 rings (SSSR count).